The van der Waals surface area contributed by atoms with Crippen LogP contribution < -0.4 is 5.32 Å². The Morgan fingerprint density at radius 3 is 2.43 bits per heavy atom. The van der Waals surface area contributed by atoms with Crippen LogP contribution in [0.4, 0.5) is 0 Å². The molecule has 2 amide bonds. The molecule has 3 aliphatic rings. The first kappa shape index (κ1) is 26.3. The Kier molecular flexibility index (Phi) is 7.30. The lowest BCUT2D eigenvalue weighted by Gasteiger charge is -2.44. The molecule has 0 spiro atoms. The third kappa shape index (κ3) is 4.92. The summed E-state index contributed by atoms with van der Waals surface area (Å²) >= 11 is 5.83. The monoisotopic (exact) mass is 539 g/mol. The van der Waals surface area contributed by atoms with Gasteiger partial charge in [-0.05, 0) is 48.0 Å². The van der Waals surface area contributed by atoms with Crippen LogP contribution in [0.5, 0.6) is 0 Å². The molecule has 3 aliphatic heterocycles. The minimum absolute atomic E-state index is 0.000787. The molecule has 1 unspecified atom stereocenters. The standard InChI is InChI=1S/C20H13ClN2O4S.C6H9NO2/c21-16-4-6-17(7-5-16)28(26,27)20-10-18(24)23(20)12-15(19(20)25)9-13-2-1-3-14(8-13)11-22;8-5-1-2-6(9)7-4-3-5/h1-9H,10,12H2;1-4H2,(H,7,9). The molecule has 3 fully saturated rings. The van der Waals surface area contributed by atoms with Gasteiger partial charge in [0.25, 0.3) is 0 Å². The lowest BCUT2D eigenvalue weighted by Crippen LogP contribution is -2.67. The molecular weight excluding hydrogens is 518 g/mol. The molecule has 0 aliphatic carbocycles. The van der Waals surface area contributed by atoms with E-state index in [4.69, 9.17) is 16.9 Å². The molecule has 0 saturated carbocycles. The second-order valence-corrected chi connectivity index (χ2v) is 11.4. The third-order valence-corrected chi connectivity index (χ3v) is 8.97. The predicted molar refractivity (Wildman–Crippen MR) is 134 cm³/mol. The number of hydrogen-bond donors (Lipinski definition) is 1. The molecule has 0 bridgehead atoms. The van der Waals surface area contributed by atoms with Gasteiger partial charge in [-0.3, -0.25) is 19.2 Å². The normalized spacial score (nSPS) is 22.3. The second-order valence-electron chi connectivity index (χ2n) is 8.77. The Morgan fingerprint density at radius 1 is 1.03 bits per heavy atom. The fraction of sp³-hybridized carbons (Fsp3) is 0.269. The number of sulfone groups is 1. The molecule has 37 heavy (non-hydrogen) atoms. The first-order valence-corrected chi connectivity index (χ1v) is 13.3. The van der Waals surface area contributed by atoms with Crippen LogP contribution in [0.1, 0.15) is 36.8 Å². The van der Waals surface area contributed by atoms with E-state index in [2.05, 4.69) is 5.32 Å². The van der Waals surface area contributed by atoms with Crippen molar-refractivity contribution in [1.82, 2.24) is 10.2 Å². The molecule has 0 aromatic heterocycles. The van der Waals surface area contributed by atoms with Gasteiger partial charge in [-0.2, -0.15) is 5.26 Å². The Morgan fingerprint density at radius 2 is 1.76 bits per heavy atom. The van der Waals surface area contributed by atoms with E-state index >= 15 is 0 Å². The number of Topliss-reactive ketones (excluding diaryl/α,β-unsaturated/α-hetero) is 2. The summed E-state index contributed by atoms with van der Waals surface area (Å²) in [5.41, 5.74) is 1.23. The summed E-state index contributed by atoms with van der Waals surface area (Å²) in [4.78, 5) is 45.6. The van der Waals surface area contributed by atoms with Gasteiger partial charge in [-0.25, -0.2) is 8.42 Å². The number of β-lactam (4-membered cyclic amide) rings is 1. The fourth-order valence-corrected chi connectivity index (χ4v) is 6.56. The molecule has 1 atom stereocenters. The highest BCUT2D eigenvalue weighted by atomic mass is 35.5. The van der Waals surface area contributed by atoms with Crippen LogP contribution in [-0.2, 0) is 29.0 Å². The van der Waals surface area contributed by atoms with E-state index in [1.165, 1.54) is 30.3 Å². The Hall–Kier alpha value is -3.81. The number of ketones is 2. The number of nitrogens with one attached hydrogen (secondary N) is 1. The summed E-state index contributed by atoms with van der Waals surface area (Å²) in [6.45, 7) is 0.443. The van der Waals surface area contributed by atoms with Crippen LogP contribution in [0, 0.1) is 11.3 Å². The summed E-state index contributed by atoms with van der Waals surface area (Å²) in [6, 6.07) is 14.1. The average Bonchev–Trinajstić information content (AvgIpc) is 2.96. The van der Waals surface area contributed by atoms with Crippen molar-refractivity contribution in [1.29, 1.82) is 5.26 Å². The van der Waals surface area contributed by atoms with E-state index in [-0.39, 0.29) is 41.0 Å². The number of nitrogens with zero attached hydrogens (tertiary/aromatic N) is 2. The van der Waals surface area contributed by atoms with Crippen LogP contribution in [0.15, 0.2) is 59.0 Å². The second kappa shape index (κ2) is 10.3. The smallest absolute Gasteiger partial charge is 0.228 e. The fourth-order valence-electron chi connectivity index (χ4n) is 4.41. The molecule has 11 heteroatoms. The summed E-state index contributed by atoms with van der Waals surface area (Å²) in [7, 11) is -4.13. The van der Waals surface area contributed by atoms with E-state index in [1.54, 1.807) is 24.3 Å². The van der Waals surface area contributed by atoms with E-state index in [1.807, 2.05) is 6.07 Å². The van der Waals surface area contributed by atoms with Gasteiger partial charge in [0.2, 0.25) is 32.3 Å². The number of amides is 2. The van der Waals surface area contributed by atoms with Crippen LogP contribution in [0.2, 0.25) is 5.02 Å². The quantitative estimate of drug-likeness (QED) is 0.466. The Balaban J connectivity index is 0.000000301. The Labute approximate surface area is 218 Å². The van der Waals surface area contributed by atoms with E-state index in [0.717, 1.165) is 4.90 Å². The lowest BCUT2D eigenvalue weighted by molar-refractivity contribution is -0.150. The number of rotatable bonds is 3. The van der Waals surface area contributed by atoms with Gasteiger partial charge in [0.05, 0.1) is 29.5 Å². The summed E-state index contributed by atoms with van der Waals surface area (Å²) < 4.78 is 26.5. The van der Waals surface area contributed by atoms with Gasteiger partial charge in [-0.15, -0.1) is 0 Å². The molecule has 2 aromatic rings. The highest BCUT2D eigenvalue weighted by Crippen LogP contribution is 2.48. The maximum Gasteiger partial charge on any atom is 0.228 e. The SMILES string of the molecule is N#Cc1cccc(C=C2CN3C(=O)CC3(S(=O)(=O)c3ccc(Cl)cc3)C2=O)c1.O=C1CCNC(=O)CC1. The van der Waals surface area contributed by atoms with Crippen LogP contribution in [0.25, 0.3) is 6.08 Å². The van der Waals surface area contributed by atoms with Crippen molar-refractivity contribution in [2.24, 2.45) is 0 Å². The first-order chi connectivity index (χ1) is 17.6. The molecule has 1 N–H and O–H groups in total. The van der Waals surface area contributed by atoms with Crippen LogP contribution >= 0.6 is 11.6 Å². The molecular formula is C26H22ClN3O6S. The zero-order valence-corrected chi connectivity index (χ0v) is 21.1. The van der Waals surface area contributed by atoms with Crippen molar-refractivity contribution in [3.8, 4) is 6.07 Å². The largest absolute Gasteiger partial charge is 0.356 e. The van der Waals surface area contributed by atoms with E-state index in [9.17, 15) is 27.6 Å². The zero-order valence-electron chi connectivity index (χ0n) is 19.6. The third-order valence-electron chi connectivity index (χ3n) is 6.38. The van der Waals surface area contributed by atoms with Crippen molar-refractivity contribution in [2.75, 3.05) is 13.1 Å². The lowest BCUT2D eigenvalue weighted by atomic mass is 9.99. The number of carbonyl (C=O) groups is 4. The molecule has 190 valence electrons. The summed E-state index contributed by atoms with van der Waals surface area (Å²) in [6.07, 6.45) is 2.46. The molecule has 2 aromatic carbocycles. The topological polar surface area (TPSA) is 141 Å². The van der Waals surface area contributed by atoms with Gasteiger partial charge in [0.15, 0.2) is 0 Å². The number of halogens is 1. The molecule has 3 saturated heterocycles. The number of nitriles is 1. The van der Waals surface area contributed by atoms with Crippen molar-refractivity contribution in [2.45, 2.75) is 35.4 Å². The maximum absolute atomic E-state index is 13.3. The van der Waals surface area contributed by atoms with Crippen LogP contribution in [0.3, 0.4) is 0 Å². The molecule has 5 rings (SSSR count). The summed E-state index contributed by atoms with van der Waals surface area (Å²) in [5, 5.41) is 12.0. The van der Waals surface area contributed by atoms with Gasteiger partial charge < -0.3 is 10.2 Å². The maximum atomic E-state index is 13.3. The van der Waals surface area contributed by atoms with Gasteiger partial charge in [0.1, 0.15) is 5.78 Å². The van der Waals surface area contributed by atoms with Crippen LogP contribution in [-0.4, -0.2) is 54.7 Å². The number of carbonyl (C=O) groups excluding carboxylic acids is 4. The zero-order chi connectivity index (χ0) is 26.8. The van der Waals surface area contributed by atoms with Crippen molar-refractivity contribution in [3.63, 3.8) is 0 Å². The highest BCUT2D eigenvalue weighted by Gasteiger charge is 2.69. The average molecular weight is 540 g/mol. The number of hydrogen-bond acceptors (Lipinski definition) is 7. The summed E-state index contributed by atoms with van der Waals surface area (Å²) in [5.74, 6) is -0.807. The Bertz CT molecular complexity index is 1460. The number of fused-ring (bicyclic) bond motifs is 1. The van der Waals surface area contributed by atoms with Gasteiger partial charge in [-0.1, -0.05) is 23.7 Å². The van der Waals surface area contributed by atoms with Crippen molar-refractivity contribution < 1.29 is 27.6 Å². The van der Waals surface area contributed by atoms with E-state index in [0.29, 0.717) is 42.0 Å². The number of benzene rings is 2. The highest BCUT2D eigenvalue weighted by molar-refractivity contribution is 7.93. The van der Waals surface area contributed by atoms with Gasteiger partial charge in [0, 0.05) is 36.4 Å². The minimum atomic E-state index is -4.13. The van der Waals surface area contributed by atoms with Crippen molar-refractivity contribution >= 4 is 50.9 Å². The minimum Gasteiger partial charge on any atom is -0.356 e. The first-order valence-electron chi connectivity index (χ1n) is 11.4. The van der Waals surface area contributed by atoms with E-state index < -0.39 is 20.5 Å². The molecule has 9 nitrogen and oxygen atoms in total. The molecule has 0 radical (unpaired) electrons. The molecule has 3 heterocycles. The predicted octanol–water partition coefficient (Wildman–Crippen LogP) is 2.44. The van der Waals surface area contributed by atoms with Crippen molar-refractivity contribution in [3.05, 3.63) is 70.3 Å². The van der Waals surface area contributed by atoms with Gasteiger partial charge >= 0.3 is 0 Å².